The Balaban J connectivity index is 2.67. The van der Waals surface area contributed by atoms with E-state index in [4.69, 9.17) is 0 Å². The standard InChI is InChI=1S/C28H22N4/c1-15-7-17(3)25(18(4)8-15)27-21(11-29)23(13-31)28(24(14-32)22(27)12-30)26-19(5)9-16(2)10-20(26)6/h7-10H,1-6H3. The zero-order valence-electron chi connectivity index (χ0n) is 19.1. The highest BCUT2D eigenvalue weighted by atomic mass is 14.4. The molecule has 0 N–H and O–H groups in total. The molecule has 0 spiro atoms. The quantitative estimate of drug-likeness (QED) is 0.487. The molecule has 4 nitrogen and oxygen atoms in total. The maximum absolute atomic E-state index is 10.2. The molecule has 0 aliphatic rings. The molecule has 0 radical (unpaired) electrons. The molecule has 0 bridgehead atoms. The smallest absolute Gasteiger partial charge is 0.101 e. The molecule has 0 heterocycles. The lowest BCUT2D eigenvalue weighted by molar-refractivity contribution is 1.28. The van der Waals surface area contributed by atoms with Crippen molar-refractivity contribution in [1.29, 1.82) is 21.0 Å². The van der Waals surface area contributed by atoms with E-state index in [9.17, 15) is 21.0 Å². The first kappa shape index (κ1) is 22.3. The minimum absolute atomic E-state index is 0.132. The van der Waals surface area contributed by atoms with Gasteiger partial charge in [-0.1, -0.05) is 35.4 Å². The fourth-order valence-corrected chi connectivity index (χ4v) is 4.85. The van der Waals surface area contributed by atoms with Crippen molar-refractivity contribution in [2.24, 2.45) is 0 Å². The van der Waals surface area contributed by atoms with Crippen molar-refractivity contribution in [2.75, 3.05) is 0 Å². The van der Waals surface area contributed by atoms with Gasteiger partial charge in [0.1, 0.15) is 24.3 Å². The van der Waals surface area contributed by atoms with Gasteiger partial charge in [-0.2, -0.15) is 21.0 Å². The summed E-state index contributed by atoms with van der Waals surface area (Å²) in [7, 11) is 0. The highest BCUT2D eigenvalue weighted by Gasteiger charge is 2.29. The third kappa shape index (κ3) is 3.40. The van der Waals surface area contributed by atoms with Gasteiger partial charge in [0.2, 0.25) is 0 Å². The summed E-state index contributed by atoms with van der Waals surface area (Å²) in [5.41, 5.74) is 8.37. The molecule has 0 saturated heterocycles. The van der Waals surface area contributed by atoms with Gasteiger partial charge < -0.3 is 0 Å². The third-order valence-corrected chi connectivity index (χ3v) is 5.80. The first-order valence-electron chi connectivity index (χ1n) is 10.2. The number of rotatable bonds is 2. The minimum Gasteiger partial charge on any atom is -0.192 e. The maximum Gasteiger partial charge on any atom is 0.101 e. The molecule has 0 aliphatic carbocycles. The predicted octanol–water partition coefficient (Wildman–Crippen LogP) is 6.36. The molecule has 0 aromatic heterocycles. The monoisotopic (exact) mass is 414 g/mol. The Morgan fingerprint density at radius 1 is 0.406 bits per heavy atom. The van der Waals surface area contributed by atoms with E-state index in [1.165, 1.54) is 0 Å². The SMILES string of the molecule is Cc1cc(C)c(-c2c(C#N)c(C#N)c(-c3c(C)cc(C)cc3C)c(C#N)c2C#N)c(C)c1. The van der Waals surface area contributed by atoms with E-state index < -0.39 is 0 Å². The summed E-state index contributed by atoms with van der Waals surface area (Å²) in [6.07, 6.45) is 0. The van der Waals surface area contributed by atoms with Crippen LogP contribution in [0.4, 0.5) is 0 Å². The van der Waals surface area contributed by atoms with Gasteiger partial charge in [-0.05, 0) is 74.9 Å². The zero-order valence-corrected chi connectivity index (χ0v) is 19.1. The Kier molecular flexibility index (Phi) is 5.85. The molecule has 3 aromatic carbocycles. The van der Waals surface area contributed by atoms with Crippen LogP contribution in [-0.4, -0.2) is 0 Å². The second kappa shape index (κ2) is 8.40. The Morgan fingerprint density at radius 2 is 0.625 bits per heavy atom. The number of hydrogen-bond acceptors (Lipinski definition) is 4. The van der Waals surface area contributed by atoms with Crippen LogP contribution in [0.5, 0.6) is 0 Å². The number of aryl methyl sites for hydroxylation is 6. The van der Waals surface area contributed by atoms with E-state index in [2.05, 4.69) is 24.3 Å². The van der Waals surface area contributed by atoms with E-state index in [0.29, 0.717) is 11.1 Å². The lowest BCUT2D eigenvalue weighted by Gasteiger charge is -2.21. The first-order valence-corrected chi connectivity index (χ1v) is 10.2. The molecule has 0 fully saturated rings. The zero-order chi connectivity index (χ0) is 23.7. The number of hydrogen-bond donors (Lipinski definition) is 0. The van der Waals surface area contributed by atoms with E-state index in [1.807, 2.05) is 65.8 Å². The van der Waals surface area contributed by atoms with Crippen molar-refractivity contribution in [3.63, 3.8) is 0 Å². The average molecular weight is 415 g/mol. The summed E-state index contributed by atoms with van der Waals surface area (Å²) in [5, 5.41) is 40.7. The number of nitrogens with zero attached hydrogens (tertiary/aromatic N) is 4. The Bertz CT molecular complexity index is 1250. The second-order valence-corrected chi connectivity index (χ2v) is 8.24. The third-order valence-electron chi connectivity index (χ3n) is 5.80. The van der Waals surface area contributed by atoms with Crippen molar-refractivity contribution in [3.8, 4) is 46.5 Å². The lowest BCUT2D eigenvalue weighted by Crippen LogP contribution is -2.06. The van der Waals surface area contributed by atoms with Crippen LogP contribution in [0.3, 0.4) is 0 Å². The fraction of sp³-hybridized carbons (Fsp3) is 0.214. The van der Waals surface area contributed by atoms with Crippen LogP contribution in [0.1, 0.15) is 55.6 Å². The van der Waals surface area contributed by atoms with Crippen molar-refractivity contribution >= 4 is 0 Å². The molecule has 0 amide bonds. The van der Waals surface area contributed by atoms with Crippen molar-refractivity contribution in [1.82, 2.24) is 0 Å². The number of nitriles is 4. The van der Waals surface area contributed by atoms with Crippen LogP contribution in [-0.2, 0) is 0 Å². The van der Waals surface area contributed by atoms with Gasteiger partial charge >= 0.3 is 0 Å². The van der Waals surface area contributed by atoms with Gasteiger partial charge in [0, 0.05) is 11.1 Å². The van der Waals surface area contributed by atoms with Gasteiger partial charge in [-0.25, -0.2) is 0 Å². The summed E-state index contributed by atoms with van der Waals surface area (Å²) in [5.74, 6) is 0. The molecule has 32 heavy (non-hydrogen) atoms. The van der Waals surface area contributed by atoms with Crippen LogP contribution in [0.15, 0.2) is 24.3 Å². The van der Waals surface area contributed by atoms with Crippen molar-refractivity contribution in [2.45, 2.75) is 41.5 Å². The minimum atomic E-state index is 0.132. The summed E-state index contributed by atoms with van der Waals surface area (Å²) in [6, 6.07) is 16.7. The molecule has 0 atom stereocenters. The van der Waals surface area contributed by atoms with Crippen molar-refractivity contribution < 1.29 is 0 Å². The Morgan fingerprint density at radius 3 is 0.812 bits per heavy atom. The molecule has 3 rings (SSSR count). The highest BCUT2D eigenvalue weighted by molar-refractivity contribution is 5.94. The largest absolute Gasteiger partial charge is 0.192 e. The van der Waals surface area contributed by atoms with Gasteiger partial charge in [-0.15, -0.1) is 0 Å². The topological polar surface area (TPSA) is 95.2 Å². The Hall–Kier alpha value is -4.38. The summed E-state index contributed by atoms with van der Waals surface area (Å²) in [6.45, 7) is 11.6. The van der Waals surface area contributed by atoms with Crippen LogP contribution in [0.2, 0.25) is 0 Å². The van der Waals surface area contributed by atoms with Crippen LogP contribution in [0, 0.1) is 86.9 Å². The molecule has 154 valence electrons. The van der Waals surface area contributed by atoms with Gasteiger partial charge in [0.25, 0.3) is 0 Å². The summed E-state index contributed by atoms with van der Waals surface area (Å²) < 4.78 is 0. The Labute approximate surface area is 189 Å². The molecule has 3 aromatic rings. The van der Waals surface area contributed by atoms with Gasteiger partial charge in [0.15, 0.2) is 0 Å². The number of benzene rings is 3. The molecule has 0 saturated carbocycles. The van der Waals surface area contributed by atoms with Crippen molar-refractivity contribution in [3.05, 3.63) is 79.9 Å². The first-order chi connectivity index (χ1) is 15.2. The lowest BCUT2D eigenvalue weighted by atomic mass is 9.79. The van der Waals surface area contributed by atoms with Gasteiger partial charge in [-0.3, -0.25) is 0 Å². The van der Waals surface area contributed by atoms with Crippen LogP contribution >= 0.6 is 0 Å². The molecule has 0 aliphatic heterocycles. The van der Waals surface area contributed by atoms with E-state index in [0.717, 1.165) is 44.5 Å². The highest BCUT2D eigenvalue weighted by Crippen LogP contribution is 2.43. The average Bonchev–Trinajstić information content (AvgIpc) is 2.71. The van der Waals surface area contributed by atoms with Crippen LogP contribution < -0.4 is 0 Å². The normalized spacial score (nSPS) is 10.1. The van der Waals surface area contributed by atoms with E-state index >= 15 is 0 Å². The van der Waals surface area contributed by atoms with E-state index in [1.54, 1.807) is 0 Å². The molecular weight excluding hydrogens is 392 g/mol. The second-order valence-electron chi connectivity index (χ2n) is 8.24. The predicted molar refractivity (Wildman–Crippen MR) is 125 cm³/mol. The van der Waals surface area contributed by atoms with Gasteiger partial charge in [0.05, 0.1) is 22.3 Å². The molecule has 0 unspecified atom stereocenters. The van der Waals surface area contributed by atoms with E-state index in [-0.39, 0.29) is 22.3 Å². The van der Waals surface area contributed by atoms with Crippen LogP contribution in [0.25, 0.3) is 22.3 Å². The maximum atomic E-state index is 10.2. The molecular formula is C28H22N4. The fourth-order valence-electron chi connectivity index (χ4n) is 4.85. The summed E-state index contributed by atoms with van der Waals surface area (Å²) >= 11 is 0. The summed E-state index contributed by atoms with van der Waals surface area (Å²) in [4.78, 5) is 0. The molecule has 4 heteroatoms.